The minimum atomic E-state index is 0. The molecular formula is C46H44Cl2Zr2-2. The van der Waals surface area contributed by atoms with Crippen LogP contribution in [-0.4, -0.2) is 6.41 Å². The summed E-state index contributed by atoms with van der Waals surface area (Å²) in [7, 11) is 0. The van der Waals surface area contributed by atoms with E-state index in [9.17, 15) is 0 Å². The molecule has 6 aromatic rings. The summed E-state index contributed by atoms with van der Waals surface area (Å²) in [6.07, 6.45) is 16.5. The van der Waals surface area contributed by atoms with E-state index in [4.69, 9.17) is 0 Å². The Morgan fingerprint density at radius 3 is 1.08 bits per heavy atom. The van der Waals surface area contributed by atoms with Crippen LogP contribution in [0.4, 0.5) is 0 Å². The summed E-state index contributed by atoms with van der Waals surface area (Å²) in [5.41, 5.74) is 5.43. The fourth-order valence-electron chi connectivity index (χ4n) is 4.51. The van der Waals surface area contributed by atoms with Crippen molar-refractivity contribution in [1.82, 2.24) is 0 Å². The van der Waals surface area contributed by atoms with E-state index in [1.165, 1.54) is 98.7 Å². The van der Waals surface area contributed by atoms with Crippen molar-refractivity contribution in [2.75, 3.05) is 0 Å². The first-order valence-electron chi connectivity index (χ1n) is 16.2. The Hall–Kier alpha value is -2.85. The van der Waals surface area contributed by atoms with Crippen molar-refractivity contribution in [2.45, 2.75) is 40.5 Å². The van der Waals surface area contributed by atoms with Crippen LogP contribution in [-0.2, 0) is 48.5 Å². The van der Waals surface area contributed by atoms with E-state index < -0.39 is 0 Å². The number of allylic oxidation sites excluding steroid dienone is 8. The second-order valence-electron chi connectivity index (χ2n) is 11.3. The standard InChI is InChI=1S/2C9H7.2C8H8.2C6H7.2ClH.2Zr/c2*1-2-5-9-7-3-6-8(9)4-1;2*1-2-8-6-4-3-5-7-8;2*1-6-4-2-3-5-6;;;;/h2*1-7H;2*3-7H,1H3;2*4-5H,2H2,1H3;2*1H;;/q2*-1;;;2*-1;;;2*+2/p-2. The minimum absolute atomic E-state index is 0. The van der Waals surface area contributed by atoms with Crippen molar-refractivity contribution in [3.8, 4) is 0 Å². The Morgan fingerprint density at radius 2 is 0.840 bits per heavy atom. The molecule has 0 saturated heterocycles. The third-order valence-corrected chi connectivity index (χ3v) is 8.67. The van der Waals surface area contributed by atoms with E-state index in [1.54, 1.807) is 0 Å². The maximum atomic E-state index is 3.05. The average Bonchev–Trinajstić information content (AvgIpc) is 3.96. The summed E-state index contributed by atoms with van der Waals surface area (Å²) in [4.78, 5) is 0. The molecule has 0 atom stereocenters. The van der Waals surface area contributed by atoms with Gasteiger partial charge in [0, 0.05) is 0 Å². The monoisotopic (exact) mass is 846 g/mol. The molecule has 0 saturated carbocycles. The molecule has 8 rings (SSSR count). The maximum Gasteiger partial charge on any atom is -0.0809 e. The van der Waals surface area contributed by atoms with Gasteiger partial charge in [-0.2, -0.15) is 47.2 Å². The Balaban J connectivity index is 0.000000300. The van der Waals surface area contributed by atoms with Crippen LogP contribution >= 0.6 is 0 Å². The van der Waals surface area contributed by atoms with Crippen LogP contribution in [0.1, 0.15) is 51.7 Å². The molecule has 0 spiro atoms. The third-order valence-electron chi connectivity index (χ3n) is 7.25. The fraction of sp³-hybridized carbons (Fsp3) is 0.130. The summed E-state index contributed by atoms with van der Waals surface area (Å²) >= 11 is 3.01. The smallest absolute Gasteiger partial charge is 0.0809 e. The number of benzene rings is 4. The van der Waals surface area contributed by atoms with Crippen LogP contribution in [0.15, 0.2) is 181 Å². The van der Waals surface area contributed by atoms with Gasteiger partial charge in [0.2, 0.25) is 0 Å². The van der Waals surface area contributed by atoms with Gasteiger partial charge in [0.05, 0.1) is 0 Å². The number of hydrogen-bond acceptors (Lipinski definition) is 0. The van der Waals surface area contributed by atoms with Gasteiger partial charge in [0.15, 0.2) is 0 Å². The maximum absolute atomic E-state index is 3.05. The average molecular weight is 850 g/mol. The van der Waals surface area contributed by atoms with E-state index in [0.717, 1.165) is 12.8 Å². The molecule has 0 radical (unpaired) electrons. The molecule has 2 aliphatic rings. The molecule has 0 N–H and O–H groups in total. The summed E-state index contributed by atoms with van der Waals surface area (Å²) in [6.45, 7) is 8.49. The van der Waals surface area contributed by atoms with Gasteiger partial charge >= 0.3 is 141 Å². The van der Waals surface area contributed by atoms with Gasteiger partial charge in [0.1, 0.15) is 0 Å². The van der Waals surface area contributed by atoms with Crippen LogP contribution < -0.4 is 24.8 Å². The topological polar surface area (TPSA) is 0 Å². The number of fused-ring (bicyclic) bond motifs is 2. The van der Waals surface area contributed by atoms with Gasteiger partial charge in [-0.1, -0.05) is 12.1 Å². The van der Waals surface area contributed by atoms with Gasteiger partial charge in [-0.25, -0.2) is 23.3 Å². The van der Waals surface area contributed by atoms with E-state index in [1.807, 2.05) is 24.3 Å². The zero-order chi connectivity index (χ0) is 34.4. The van der Waals surface area contributed by atoms with Crippen molar-refractivity contribution in [2.24, 2.45) is 0 Å². The molecule has 0 amide bonds. The Bertz CT molecular complexity index is 1730. The quantitative estimate of drug-likeness (QED) is 0.186. The van der Waals surface area contributed by atoms with Gasteiger partial charge in [-0.3, -0.25) is 12.2 Å². The van der Waals surface area contributed by atoms with Crippen molar-refractivity contribution < 1.29 is 73.3 Å². The summed E-state index contributed by atoms with van der Waals surface area (Å²) in [5, 5.41) is 5.32. The van der Waals surface area contributed by atoms with E-state index in [2.05, 4.69) is 185 Å². The second-order valence-corrected chi connectivity index (χ2v) is 15.0. The molecule has 0 aliphatic heterocycles. The van der Waals surface area contributed by atoms with Crippen LogP contribution in [0, 0.1) is 12.2 Å². The molecule has 0 bridgehead atoms. The third kappa shape index (κ3) is 18.4. The van der Waals surface area contributed by atoms with Crippen LogP contribution in [0.25, 0.3) is 21.5 Å². The zero-order valence-electron chi connectivity index (χ0n) is 29.3. The summed E-state index contributed by atoms with van der Waals surface area (Å²) in [6, 6.07) is 50.3. The SMILES string of the molecule is CC1=CC[C-]=C1.CC1=CC[C-]=C1.C[C](=[Zr+2])c1ccccc1.C[C](=[Zr+2])c1ccccc1.[Cl-].[Cl-].c1ccc2[cH-]ccc2c1.c1ccc2[cH-]ccc2c1. The largest absolute Gasteiger partial charge is 1.00 e. The van der Waals surface area contributed by atoms with E-state index in [-0.39, 0.29) is 24.8 Å². The normalized spacial score (nSPS) is 11.4. The molecule has 2 aliphatic carbocycles. The van der Waals surface area contributed by atoms with Gasteiger partial charge in [-0.05, 0) is 0 Å². The molecule has 0 nitrogen and oxygen atoms in total. The molecule has 0 aromatic heterocycles. The molecule has 50 heavy (non-hydrogen) atoms. The Morgan fingerprint density at radius 1 is 0.500 bits per heavy atom. The molecule has 0 fully saturated rings. The van der Waals surface area contributed by atoms with E-state index >= 15 is 0 Å². The molecule has 252 valence electrons. The van der Waals surface area contributed by atoms with Crippen molar-refractivity contribution in [1.29, 1.82) is 0 Å². The minimum Gasteiger partial charge on any atom is -1.00 e. The first-order valence-corrected chi connectivity index (χ1v) is 18.7. The van der Waals surface area contributed by atoms with Gasteiger partial charge < -0.3 is 24.8 Å². The first-order chi connectivity index (χ1) is 23.3. The summed E-state index contributed by atoms with van der Waals surface area (Å²) in [5.74, 6) is 0. The van der Waals surface area contributed by atoms with Crippen molar-refractivity contribution >= 4 is 28.0 Å². The zero-order valence-corrected chi connectivity index (χ0v) is 35.8. The predicted molar refractivity (Wildman–Crippen MR) is 204 cm³/mol. The summed E-state index contributed by atoms with van der Waals surface area (Å²) < 4.78 is 2.92. The molecule has 0 heterocycles. The second kappa shape index (κ2) is 26.9. The number of hydrogen-bond donors (Lipinski definition) is 0. The molecule has 4 heteroatoms. The van der Waals surface area contributed by atoms with Crippen LogP contribution in [0.5, 0.6) is 0 Å². The van der Waals surface area contributed by atoms with Crippen LogP contribution in [0.2, 0.25) is 0 Å². The van der Waals surface area contributed by atoms with Crippen molar-refractivity contribution in [3.05, 3.63) is 204 Å². The number of halogens is 2. The predicted octanol–water partition coefficient (Wildman–Crippen LogP) is 6.06. The molecule has 0 unspecified atom stereocenters. The van der Waals surface area contributed by atoms with Crippen molar-refractivity contribution in [3.63, 3.8) is 0 Å². The molecular weight excluding hydrogens is 806 g/mol. The molecule has 6 aromatic carbocycles. The van der Waals surface area contributed by atoms with Gasteiger partial charge in [0.25, 0.3) is 0 Å². The van der Waals surface area contributed by atoms with Gasteiger partial charge in [-0.15, -0.1) is 86.0 Å². The van der Waals surface area contributed by atoms with Crippen LogP contribution in [0.3, 0.4) is 0 Å². The number of rotatable bonds is 2. The Kier molecular flexibility index (Phi) is 24.3. The fourth-order valence-corrected chi connectivity index (χ4v) is 5.33. The van der Waals surface area contributed by atoms with E-state index in [0.29, 0.717) is 0 Å². The Labute approximate surface area is 342 Å². The first kappa shape index (κ1) is 45.2.